The van der Waals surface area contributed by atoms with Crippen LogP contribution in [0, 0.1) is 34.9 Å². The van der Waals surface area contributed by atoms with E-state index in [2.05, 4.69) is 6.92 Å². The Morgan fingerprint density at radius 2 is 1.79 bits per heavy atom. The Balaban J connectivity index is 1.38. The summed E-state index contributed by atoms with van der Waals surface area (Å²) in [6, 6.07) is 5.64. The summed E-state index contributed by atoms with van der Waals surface area (Å²) >= 11 is 0. The number of rotatable bonds is 6. The molecular weight excluding hydrogens is 357 g/mol. The van der Waals surface area contributed by atoms with Gasteiger partial charge in [-0.15, -0.1) is 0 Å². The zero-order chi connectivity index (χ0) is 19.9. The number of carbonyl (C=O) groups is 1. The van der Waals surface area contributed by atoms with Crippen molar-refractivity contribution in [2.75, 3.05) is 6.61 Å². The minimum Gasteiger partial charge on any atom is -0.426 e. The monoisotopic (exact) mass is 387 g/mol. The molecule has 2 aliphatic carbocycles. The third-order valence-electron chi connectivity index (χ3n) is 6.40. The van der Waals surface area contributed by atoms with Crippen molar-refractivity contribution in [3.63, 3.8) is 0 Å². The molecule has 2 saturated carbocycles. The van der Waals surface area contributed by atoms with Crippen LogP contribution in [0.2, 0.25) is 0 Å². The minimum absolute atomic E-state index is 0.0550. The van der Waals surface area contributed by atoms with Crippen molar-refractivity contribution >= 4 is 5.97 Å². The third-order valence-corrected chi connectivity index (χ3v) is 6.40. The second-order valence-electron chi connectivity index (χ2n) is 8.28. The van der Waals surface area contributed by atoms with E-state index in [4.69, 9.17) is 14.7 Å². The van der Waals surface area contributed by atoms with Crippen LogP contribution in [0.4, 0.5) is 4.39 Å². The van der Waals surface area contributed by atoms with Gasteiger partial charge in [0.15, 0.2) is 0 Å². The standard InChI is InChI=1S/C23H30FNO3/c1-2-16-3-5-17(6-4-16)15-27-20-10-7-18(8-11-20)23(26)28-21-12-9-19(14-25)22(24)13-21/h9,12-13,16-18,20H,2-8,10-11,15H2,1H3/t16-,17-,18-,20-. The summed E-state index contributed by atoms with van der Waals surface area (Å²) in [4.78, 5) is 12.4. The van der Waals surface area contributed by atoms with E-state index in [0.29, 0.717) is 5.92 Å². The fourth-order valence-electron chi connectivity index (χ4n) is 4.39. The van der Waals surface area contributed by atoms with Crippen molar-refractivity contribution in [3.05, 3.63) is 29.6 Å². The van der Waals surface area contributed by atoms with Gasteiger partial charge in [0.25, 0.3) is 0 Å². The molecular formula is C23H30FNO3. The Kier molecular flexibility index (Phi) is 7.44. The summed E-state index contributed by atoms with van der Waals surface area (Å²) in [6.07, 6.45) is 9.97. The lowest BCUT2D eigenvalue weighted by Crippen LogP contribution is -2.30. The van der Waals surface area contributed by atoms with E-state index in [9.17, 15) is 9.18 Å². The summed E-state index contributed by atoms with van der Waals surface area (Å²) in [7, 11) is 0. The molecule has 28 heavy (non-hydrogen) atoms. The van der Waals surface area contributed by atoms with Crippen LogP contribution in [0.5, 0.6) is 5.75 Å². The molecule has 0 saturated heterocycles. The first-order chi connectivity index (χ1) is 13.6. The Morgan fingerprint density at radius 3 is 2.39 bits per heavy atom. The Bertz CT molecular complexity index is 698. The normalized spacial score (nSPS) is 27.8. The van der Waals surface area contributed by atoms with Crippen molar-refractivity contribution in [1.29, 1.82) is 5.26 Å². The van der Waals surface area contributed by atoms with Crippen LogP contribution in [0.3, 0.4) is 0 Å². The van der Waals surface area contributed by atoms with Gasteiger partial charge in [-0.2, -0.15) is 5.26 Å². The number of nitrogens with zero attached hydrogens (tertiary/aromatic N) is 1. The summed E-state index contributed by atoms with van der Waals surface area (Å²) in [5.74, 6) is 0.596. The summed E-state index contributed by atoms with van der Waals surface area (Å²) in [5.41, 5.74) is -0.0550. The highest BCUT2D eigenvalue weighted by molar-refractivity contribution is 5.75. The lowest BCUT2D eigenvalue weighted by Gasteiger charge is -2.31. The number of hydrogen-bond acceptors (Lipinski definition) is 4. The predicted molar refractivity (Wildman–Crippen MR) is 104 cm³/mol. The fraction of sp³-hybridized carbons (Fsp3) is 0.652. The van der Waals surface area contributed by atoms with Crippen molar-refractivity contribution in [1.82, 2.24) is 0 Å². The van der Waals surface area contributed by atoms with Gasteiger partial charge in [0, 0.05) is 12.7 Å². The highest BCUT2D eigenvalue weighted by Gasteiger charge is 2.29. The van der Waals surface area contributed by atoms with Gasteiger partial charge in [0.1, 0.15) is 17.6 Å². The molecule has 4 nitrogen and oxygen atoms in total. The molecule has 3 rings (SSSR count). The van der Waals surface area contributed by atoms with Gasteiger partial charge in [-0.05, 0) is 62.5 Å². The third kappa shape index (κ3) is 5.54. The molecule has 0 spiro atoms. The molecule has 2 fully saturated rings. The number of hydrogen-bond donors (Lipinski definition) is 0. The zero-order valence-corrected chi connectivity index (χ0v) is 16.7. The average molecular weight is 387 g/mol. The topological polar surface area (TPSA) is 59.3 Å². The Labute approximate surface area is 167 Å². The molecule has 0 bridgehead atoms. The molecule has 0 N–H and O–H groups in total. The van der Waals surface area contributed by atoms with E-state index < -0.39 is 5.82 Å². The van der Waals surface area contributed by atoms with Crippen molar-refractivity contribution in [3.8, 4) is 11.8 Å². The highest BCUT2D eigenvalue weighted by Crippen LogP contribution is 2.33. The van der Waals surface area contributed by atoms with Crippen LogP contribution >= 0.6 is 0 Å². The lowest BCUT2D eigenvalue weighted by atomic mass is 9.81. The smallest absolute Gasteiger partial charge is 0.314 e. The molecule has 152 valence electrons. The maximum absolute atomic E-state index is 13.6. The van der Waals surface area contributed by atoms with Gasteiger partial charge in [0.05, 0.1) is 17.6 Å². The van der Waals surface area contributed by atoms with Crippen molar-refractivity contribution in [2.45, 2.75) is 70.8 Å². The maximum atomic E-state index is 13.6. The molecule has 1 aromatic carbocycles. The van der Waals surface area contributed by atoms with Crippen LogP contribution < -0.4 is 4.74 Å². The summed E-state index contributed by atoms with van der Waals surface area (Å²) in [5, 5.41) is 8.76. The van der Waals surface area contributed by atoms with E-state index in [1.54, 1.807) is 6.07 Å². The van der Waals surface area contributed by atoms with E-state index in [1.165, 1.54) is 44.2 Å². The first-order valence-corrected chi connectivity index (χ1v) is 10.6. The van der Waals surface area contributed by atoms with Gasteiger partial charge < -0.3 is 9.47 Å². The van der Waals surface area contributed by atoms with E-state index in [0.717, 1.165) is 44.3 Å². The average Bonchev–Trinajstić information content (AvgIpc) is 2.73. The van der Waals surface area contributed by atoms with Gasteiger partial charge in [-0.25, -0.2) is 4.39 Å². The largest absolute Gasteiger partial charge is 0.426 e. The number of ether oxygens (including phenoxy) is 2. The molecule has 0 amide bonds. The first-order valence-electron chi connectivity index (χ1n) is 10.6. The second-order valence-corrected chi connectivity index (χ2v) is 8.28. The van der Waals surface area contributed by atoms with Crippen LogP contribution in [0.1, 0.15) is 70.3 Å². The van der Waals surface area contributed by atoms with E-state index >= 15 is 0 Å². The number of esters is 1. The SMILES string of the molecule is CC[C@H]1CC[C@H](CO[C@H]2CC[C@H](C(=O)Oc3ccc(C#N)c(F)c3)CC2)CC1. The Morgan fingerprint density at radius 1 is 1.11 bits per heavy atom. The van der Waals surface area contributed by atoms with E-state index in [-0.39, 0.29) is 29.3 Å². The van der Waals surface area contributed by atoms with Crippen LogP contribution in [-0.2, 0) is 9.53 Å². The van der Waals surface area contributed by atoms with Gasteiger partial charge >= 0.3 is 5.97 Å². The summed E-state index contributed by atoms with van der Waals surface area (Å²) in [6.45, 7) is 3.13. The minimum atomic E-state index is -0.669. The van der Waals surface area contributed by atoms with Gasteiger partial charge in [0.2, 0.25) is 0 Å². The van der Waals surface area contributed by atoms with Crippen LogP contribution in [0.15, 0.2) is 18.2 Å². The molecule has 0 radical (unpaired) electrons. The Hall–Kier alpha value is -1.93. The van der Waals surface area contributed by atoms with Crippen LogP contribution in [0.25, 0.3) is 0 Å². The molecule has 0 aliphatic heterocycles. The molecule has 0 unspecified atom stereocenters. The van der Waals surface area contributed by atoms with E-state index in [1.807, 2.05) is 0 Å². The highest BCUT2D eigenvalue weighted by atomic mass is 19.1. The lowest BCUT2D eigenvalue weighted by molar-refractivity contribution is -0.141. The molecule has 0 heterocycles. The van der Waals surface area contributed by atoms with Crippen LogP contribution in [-0.4, -0.2) is 18.7 Å². The predicted octanol–water partition coefficient (Wildman–Crippen LogP) is 5.39. The molecule has 1 aromatic rings. The van der Waals surface area contributed by atoms with Crippen molar-refractivity contribution in [2.24, 2.45) is 17.8 Å². The number of halogens is 1. The summed E-state index contributed by atoms with van der Waals surface area (Å²) < 4.78 is 25.1. The zero-order valence-electron chi connectivity index (χ0n) is 16.7. The molecule has 0 aromatic heterocycles. The second kappa shape index (κ2) is 10.0. The number of nitriles is 1. The quantitative estimate of drug-likeness (QED) is 0.485. The fourth-order valence-corrected chi connectivity index (χ4v) is 4.39. The number of carbonyl (C=O) groups excluding carboxylic acids is 1. The van der Waals surface area contributed by atoms with Crippen molar-refractivity contribution < 1.29 is 18.7 Å². The molecule has 2 aliphatic rings. The van der Waals surface area contributed by atoms with Gasteiger partial charge in [-0.3, -0.25) is 4.79 Å². The van der Waals surface area contributed by atoms with Gasteiger partial charge in [-0.1, -0.05) is 26.2 Å². The molecule has 0 atom stereocenters. The first kappa shape index (κ1) is 20.8. The number of benzene rings is 1. The maximum Gasteiger partial charge on any atom is 0.314 e. The molecule has 5 heteroatoms.